The Morgan fingerprint density at radius 1 is 1.25 bits per heavy atom. The molecule has 1 N–H and O–H groups in total. The Labute approximate surface area is 122 Å². The quantitative estimate of drug-likeness (QED) is 0.862. The Bertz CT molecular complexity index is 399. The van der Waals surface area contributed by atoms with E-state index in [1.165, 1.54) is 0 Å². The summed E-state index contributed by atoms with van der Waals surface area (Å²) in [5, 5.41) is 3.39. The van der Waals surface area contributed by atoms with E-state index in [4.69, 9.17) is 0 Å². The van der Waals surface area contributed by atoms with Gasteiger partial charge in [-0.2, -0.15) is 4.98 Å². The predicted molar refractivity (Wildman–Crippen MR) is 84.3 cm³/mol. The predicted octanol–water partition coefficient (Wildman–Crippen LogP) is 2.08. The molecule has 1 saturated heterocycles. The van der Waals surface area contributed by atoms with Crippen LogP contribution < -0.4 is 10.2 Å². The maximum Gasteiger partial charge on any atom is 0.227 e. The molecule has 1 fully saturated rings. The van der Waals surface area contributed by atoms with Crippen molar-refractivity contribution in [3.8, 4) is 0 Å². The molecule has 0 amide bonds. The van der Waals surface area contributed by atoms with Gasteiger partial charge in [0.2, 0.25) is 5.95 Å². The molecular weight excluding hydrogens is 250 g/mol. The van der Waals surface area contributed by atoms with Gasteiger partial charge >= 0.3 is 0 Å². The van der Waals surface area contributed by atoms with Crippen LogP contribution in [0.2, 0.25) is 0 Å². The van der Waals surface area contributed by atoms with Gasteiger partial charge in [-0.05, 0) is 24.9 Å². The summed E-state index contributed by atoms with van der Waals surface area (Å²) in [5.41, 5.74) is 0. The Hall–Kier alpha value is -1.36. The zero-order valence-corrected chi connectivity index (χ0v) is 13.0. The van der Waals surface area contributed by atoms with Gasteiger partial charge in [0, 0.05) is 38.9 Å². The van der Waals surface area contributed by atoms with Gasteiger partial charge in [0.1, 0.15) is 5.82 Å². The van der Waals surface area contributed by atoms with Crippen molar-refractivity contribution in [1.82, 2.24) is 14.9 Å². The van der Waals surface area contributed by atoms with Crippen LogP contribution in [0.4, 0.5) is 11.8 Å². The fraction of sp³-hybridized carbons (Fsp3) is 0.733. The molecule has 5 nitrogen and oxygen atoms in total. The van der Waals surface area contributed by atoms with Gasteiger partial charge in [-0.1, -0.05) is 20.8 Å². The number of hydrogen-bond donors (Lipinski definition) is 1. The van der Waals surface area contributed by atoms with Gasteiger partial charge in [-0.3, -0.25) is 0 Å². The smallest absolute Gasteiger partial charge is 0.227 e. The monoisotopic (exact) mass is 277 g/mol. The molecule has 0 spiro atoms. The Morgan fingerprint density at radius 3 is 2.65 bits per heavy atom. The van der Waals surface area contributed by atoms with Gasteiger partial charge in [0.25, 0.3) is 0 Å². The van der Waals surface area contributed by atoms with E-state index in [1.54, 1.807) is 0 Å². The molecule has 0 saturated carbocycles. The van der Waals surface area contributed by atoms with E-state index in [1.807, 2.05) is 12.3 Å². The standard InChI is InChI=1S/C15H27N5/c1-4-19-9-11-20(12-10-19)15-17-8-6-14(18-15)16-7-5-13(2)3/h6,8,13H,4-5,7,9-12H2,1-3H3,(H,16,17,18). The van der Waals surface area contributed by atoms with Gasteiger partial charge < -0.3 is 15.1 Å². The van der Waals surface area contributed by atoms with Crippen molar-refractivity contribution in [2.75, 3.05) is 49.5 Å². The SMILES string of the molecule is CCN1CCN(c2nccc(NCCC(C)C)n2)CC1. The maximum atomic E-state index is 4.63. The van der Waals surface area contributed by atoms with E-state index >= 15 is 0 Å². The average molecular weight is 277 g/mol. The van der Waals surface area contributed by atoms with E-state index in [-0.39, 0.29) is 0 Å². The molecule has 2 heterocycles. The number of anilines is 2. The molecule has 0 aliphatic carbocycles. The molecule has 0 bridgehead atoms. The van der Waals surface area contributed by atoms with Crippen LogP contribution in [0.3, 0.4) is 0 Å². The van der Waals surface area contributed by atoms with Crippen LogP contribution in [0.15, 0.2) is 12.3 Å². The highest BCUT2D eigenvalue weighted by Crippen LogP contribution is 2.13. The first kappa shape index (κ1) is 15.0. The lowest BCUT2D eigenvalue weighted by molar-refractivity contribution is 0.270. The van der Waals surface area contributed by atoms with E-state index in [9.17, 15) is 0 Å². The Kier molecular flexibility index (Phi) is 5.59. The molecule has 1 aromatic heterocycles. The van der Waals surface area contributed by atoms with E-state index in [0.717, 1.165) is 57.5 Å². The summed E-state index contributed by atoms with van der Waals surface area (Å²) in [6.07, 6.45) is 3.01. The highest BCUT2D eigenvalue weighted by atomic mass is 15.3. The normalized spacial score (nSPS) is 16.7. The number of hydrogen-bond acceptors (Lipinski definition) is 5. The van der Waals surface area contributed by atoms with Crippen LogP contribution in [-0.2, 0) is 0 Å². The number of likely N-dealkylation sites (N-methyl/N-ethyl adjacent to an activating group) is 1. The molecule has 112 valence electrons. The summed E-state index contributed by atoms with van der Waals surface area (Å²) >= 11 is 0. The second-order valence-electron chi connectivity index (χ2n) is 5.77. The molecule has 0 atom stereocenters. The van der Waals surface area contributed by atoms with Crippen LogP contribution in [0.1, 0.15) is 27.2 Å². The summed E-state index contributed by atoms with van der Waals surface area (Å²) in [6.45, 7) is 13.0. The third-order valence-corrected chi connectivity index (χ3v) is 3.77. The molecule has 1 aliphatic heterocycles. The summed E-state index contributed by atoms with van der Waals surface area (Å²) in [7, 11) is 0. The second kappa shape index (κ2) is 7.43. The van der Waals surface area contributed by atoms with Gasteiger partial charge in [0.05, 0.1) is 0 Å². The highest BCUT2D eigenvalue weighted by molar-refractivity contribution is 5.41. The fourth-order valence-electron chi connectivity index (χ4n) is 2.35. The lowest BCUT2D eigenvalue weighted by Gasteiger charge is -2.34. The zero-order chi connectivity index (χ0) is 14.4. The Morgan fingerprint density at radius 2 is 2.00 bits per heavy atom. The summed E-state index contributed by atoms with van der Waals surface area (Å²) < 4.78 is 0. The summed E-state index contributed by atoms with van der Waals surface area (Å²) in [5.74, 6) is 2.51. The van der Waals surface area contributed by atoms with Crippen molar-refractivity contribution < 1.29 is 0 Å². The molecule has 5 heteroatoms. The number of rotatable bonds is 6. The maximum absolute atomic E-state index is 4.63. The van der Waals surface area contributed by atoms with Crippen LogP contribution in [0.25, 0.3) is 0 Å². The average Bonchev–Trinajstić information content (AvgIpc) is 2.47. The number of piperazine rings is 1. The first-order valence-corrected chi connectivity index (χ1v) is 7.73. The lowest BCUT2D eigenvalue weighted by atomic mass is 10.1. The van der Waals surface area contributed by atoms with Crippen molar-refractivity contribution >= 4 is 11.8 Å². The minimum absolute atomic E-state index is 0.714. The highest BCUT2D eigenvalue weighted by Gasteiger charge is 2.17. The topological polar surface area (TPSA) is 44.3 Å². The lowest BCUT2D eigenvalue weighted by Crippen LogP contribution is -2.46. The molecule has 1 aromatic rings. The number of nitrogens with one attached hydrogen (secondary N) is 1. The first-order chi connectivity index (χ1) is 9.69. The molecule has 0 radical (unpaired) electrons. The van der Waals surface area contributed by atoms with Crippen molar-refractivity contribution in [3.63, 3.8) is 0 Å². The molecule has 1 aliphatic rings. The fourth-order valence-corrected chi connectivity index (χ4v) is 2.35. The van der Waals surface area contributed by atoms with Gasteiger partial charge in [0.15, 0.2) is 0 Å². The van der Waals surface area contributed by atoms with Crippen LogP contribution in [-0.4, -0.2) is 54.1 Å². The molecule has 0 aromatic carbocycles. The third kappa shape index (κ3) is 4.34. The van der Waals surface area contributed by atoms with E-state index in [2.05, 4.69) is 45.9 Å². The molecular formula is C15H27N5. The van der Waals surface area contributed by atoms with Crippen LogP contribution in [0, 0.1) is 5.92 Å². The van der Waals surface area contributed by atoms with Crippen molar-refractivity contribution in [2.24, 2.45) is 5.92 Å². The zero-order valence-electron chi connectivity index (χ0n) is 13.0. The minimum Gasteiger partial charge on any atom is -0.370 e. The largest absolute Gasteiger partial charge is 0.370 e. The number of aromatic nitrogens is 2. The minimum atomic E-state index is 0.714. The van der Waals surface area contributed by atoms with Crippen LogP contribution in [0.5, 0.6) is 0 Å². The van der Waals surface area contributed by atoms with Crippen LogP contribution >= 0.6 is 0 Å². The van der Waals surface area contributed by atoms with Crippen molar-refractivity contribution in [3.05, 3.63) is 12.3 Å². The van der Waals surface area contributed by atoms with E-state index in [0.29, 0.717) is 5.92 Å². The Balaban J connectivity index is 1.89. The number of nitrogens with zero attached hydrogens (tertiary/aromatic N) is 4. The van der Waals surface area contributed by atoms with Crippen molar-refractivity contribution in [2.45, 2.75) is 27.2 Å². The van der Waals surface area contributed by atoms with E-state index < -0.39 is 0 Å². The third-order valence-electron chi connectivity index (χ3n) is 3.77. The van der Waals surface area contributed by atoms with Crippen molar-refractivity contribution in [1.29, 1.82) is 0 Å². The molecule has 0 unspecified atom stereocenters. The summed E-state index contributed by atoms with van der Waals surface area (Å²) in [6, 6.07) is 1.95. The molecule has 2 rings (SSSR count). The van der Waals surface area contributed by atoms with Gasteiger partial charge in [-0.25, -0.2) is 4.98 Å². The first-order valence-electron chi connectivity index (χ1n) is 7.73. The van der Waals surface area contributed by atoms with Gasteiger partial charge in [-0.15, -0.1) is 0 Å². The summed E-state index contributed by atoms with van der Waals surface area (Å²) in [4.78, 5) is 13.8. The molecule has 20 heavy (non-hydrogen) atoms. The second-order valence-corrected chi connectivity index (χ2v) is 5.77.